The van der Waals surface area contributed by atoms with Gasteiger partial charge in [-0.05, 0) is 90.5 Å². The summed E-state index contributed by atoms with van der Waals surface area (Å²) in [5.74, 6) is 1.53. The maximum atomic E-state index is 13.6. The number of amides is 1. The van der Waals surface area contributed by atoms with Crippen LogP contribution in [0.1, 0.15) is 16.8 Å². The van der Waals surface area contributed by atoms with Gasteiger partial charge < -0.3 is 14.0 Å². The summed E-state index contributed by atoms with van der Waals surface area (Å²) in [6.45, 7) is 2.47. The first-order chi connectivity index (χ1) is 18.0. The van der Waals surface area contributed by atoms with Crippen molar-refractivity contribution in [2.75, 3.05) is 14.2 Å². The number of para-hydroxylation sites is 1. The third-order valence-corrected chi connectivity index (χ3v) is 7.06. The van der Waals surface area contributed by atoms with Crippen LogP contribution in [-0.4, -0.2) is 34.8 Å². The summed E-state index contributed by atoms with van der Waals surface area (Å²) >= 11 is 1.40. The molecular weight excluding hydrogens is 482 g/mol. The summed E-state index contributed by atoms with van der Waals surface area (Å²) in [5, 5.41) is 0.657. The molecule has 186 valence electrons. The van der Waals surface area contributed by atoms with Gasteiger partial charge in [0.1, 0.15) is 11.5 Å². The van der Waals surface area contributed by atoms with Gasteiger partial charge in [0.05, 0.1) is 31.4 Å². The molecule has 1 aromatic heterocycles. The van der Waals surface area contributed by atoms with Crippen LogP contribution in [0.15, 0.2) is 101 Å². The summed E-state index contributed by atoms with van der Waals surface area (Å²) in [6.07, 6.45) is 3.98. The van der Waals surface area contributed by atoms with Gasteiger partial charge in [-0.15, -0.1) is 0 Å². The molecule has 0 aliphatic carbocycles. The number of thioether (sulfide) groups is 1. The van der Waals surface area contributed by atoms with Crippen LogP contribution in [0.5, 0.6) is 11.5 Å². The number of aryl methyl sites for hydroxylation is 1. The van der Waals surface area contributed by atoms with E-state index in [9.17, 15) is 4.79 Å². The first-order valence-electron chi connectivity index (χ1n) is 11.9. The number of aliphatic imine (C=N–C) groups is 1. The lowest BCUT2D eigenvalue weighted by molar-refractivity contribution is -0.122. The van der Waals surface area contributed by atoms with E-state index in [1.54, 1.807) is 19.1 Å². The molecule has 7 heteroatoms. The lowest BCUT2D eigenvalue weighted by Crippen LogP contribution is -2.28. The molecule has 1 fully saturated rings. The van der Waals surface area contributed by atoms with Crippen LogP contribution in [0.2, 0.25) is 0 Å². The Labute approximate surface area is 220 Å². The standard InChI is InChI=1S/C30H27N3O3S/c1-21-17-23(20-32(21)25-11-15-27(36-3)16-12-25)18-28-29(34)33(19-22-9-13-26(35-2)14-10-22)30(37-28)31-24-7-5-4-6-8-24/h4-18,20H,19H2,1-3H3/b28-18+,31-30?. The van der Waals surface area contributed by atoms with Crippen LogP contribution in [0, 0.1) is 6.92 Å². The van der Waals surface area contributed by atoms with Crippen LogP contribution in [0.4, 0.5) is 5.69 Å². The Morgan fingerprint density at radius 1 is 0.892 bits per heavy atom. The fourth-order valence-electron chi connectivity index (χ4n) is 4.11. The molecule has 4 aromatic rings. The van der Waals surface area contributed by atoms with E-state index < -0.39 is 0 Å². The van der Waals surface area contributed by atoms with Crippen molar-refractivity contribution >= 4 is 34.6 Å². The number of hydrogen-bond acceptors (Lipinski definition) is 5. The molecule has 0 radical (unpaired) electrons. The lowest BCUT2D eigenvalue weighted by Gasteiger charge is -2.16. The van der Waals surface area contributed by atoms with Crippen molar-refractivity contribution < 1.29 is 14.3 Å². The van der Waals surface area contributed by atoms with Gasteiger partial charge in [0.15, 0.2) is 5.17 Å². The summed E-state index contributed by atoms with van der Waals surface area (Å²) in [5.41, 5.74) is 4.86. The number of nitrogens with zero attached hydrogens (tertiary/aromatic N) is 3. The lowest BCUT2D eigenvalue weighted by atomic mass is 10.2. The van der Waals surface area contributed by atoms with Crippen molar-refractivity contribution in [3.05, 3.63) is 113 Å². The number of carbonyl (C=O) groups is 1. The Kier molecular flexibility index (Phi) is 7.14. The predicted molar refractivity (Wildman–Crippen MR) is 150 cm³/mol. The van der Waals surface area contributed by atoms with Crippen LogP contribution in [-0.2, 0) is 11.3 Å². The highest BCUT2D eigenvalue weighted by Crippen LogP contribution is 2.35. The van der Waals surface area contributed by atoms with Crippen molar-refractivity contribution in [3.8, 4) is 17.2 Å². The zero-order valence-electron chi connectivity index (χ0n) is 20.9. The molecule has 0 spiro atoms. The van der Waals surface area contributed by atoms with E-state index in [2.05, 4.69) is 10.6 Å². The van der Waals surface area contributed by atoms with Gasteiger partial charge in [-0.2, -0.15) is 0 Å². The van der Waals surface area contributed by atoms with Crippen LogP contribution in [0.25, 0.3) is 11.8 Å². The van der Waals surface area contributed by atoms with E-state index in [0.717, 1.165) is 39.7 Å². The SMILES string of the molecule is COc1ccc(CN2C(=O)/C(=C\c3cc(C)n(-c4ccc(OC)cc4)c3)SC2=Nc2ccccc2)cc1. The van der Waals surface area contributed by atoms with Gasteiger partial charge in [0.25, 0.3) is 5.91 Å². The Morgan fingerprint density at radius 2 is 1.54 bits per heavy atom. The quantitative estimate of drug-likeness (QED) is 0.263. The average molecular weight is 510 g/mol. The minimum Gasteiger partial charge on any atom is -0.497 e. The number of aromatic nitrogens is 1. The molecule has 1 saturated heterocycles. The second kappa shape index (κ2) is 10.8. The van der Waals surface area contributed by atoms with E-state index in [1.165, 1.54) is 11.8 Å². The Hall–Kier alpha value is -4.23. The number of carbonyl (C=O) groups excluding carboxylic acids is 1. The van der Waals surface area contributed by atoms with Gasteiger partial charge in [-0.25, -0.2) is 4.99 Å². The summed E-state index contributed by atoms with van der Waals surface area (Å²) in [7, 11) is 3.30. The predicted octanol–water partition coefficient (Wildman–Crippen LogP) is 6.61. The number of rotatable bonds is 7. The third-order valence-electron chi connectivity index (χ3n) is 6.05. The van der Waals surface area contributed by atoms with E-state index in [-0.39, 0.29) is 5.91 Å². The largest absolute Gasteiger partial charge is 0.497 e. The Morgan fingerprint density at radius 3 is 2.19 bits per heavy atom. The van der Waals surface area contributed by atoms with Crippen LogP contribution in [0.3, 0.4) is 0 Å². The maximum Gasteiger partial charge on any atom is 0.267 e. The summed E-state index contributed by atoms with van der Waals surface area (Å²) < 4.78 is 12.7. The van der Waals surface area contributed by atoms with E-state index in [4.69, 9.17) is 14.5 Å². The van der Waals surface area contributed by atoms with Crippen LogP contribution >= 0.6 is 11.8 Å². The fraction of sp³-hybridized carbons (Fsp3) is 0.133. The van der Waals surface area contributed by atoms with Gasteiger partial charge in [0, 0.05) is 17.6 Å². The molecule has 6 nitrogen and oxygen atoms in total. The van der Waals surface area contributed by atoms with Crippen molar-refractivity contribution in [1.29, 1.82) is 0 Å². The fourth-order valence-corrected chi connectivity index (χ4v) is 5.11. The topological polar surface area (TPSA) is 56.1 Å². The molecule has 0 unspecified atom stereocenters. The second-order valence-corrected chi connectivity index (χ2v) is 9.57. The normalized spacial score (nSPS) is 15.5. The molecule has 5 rings (SSSR count). The highest BCUT2D eigenvalue weighted by molar-refractivity contribution is 8.18. The molecule has 2 heterocycles. The highest BCUT2D eigenvalue weighted by atomic mass is 32.2. The maximum absolute atomic E-state index is 13.6. The van der Waals surface area contributed by atoms with Crippen LogP contribution < -0.4 is 9.47 Å². The summed E-state index contributed by atoms with van der Waals surface area (Å²) in [4.78, 5) is 20.8. The minimum atomic E-state index is -0.0645. The molecule has 3 aromatic carbocycles. The number of hydrogen-bond donors (Lipinski definition) is 0. The van der Waals surface area contributed by atoms with Crippen molar-refractivity contribution in [2.45, 2.75) is 13.5 Å². The van der Waals surface area contributed by atoms with E-state index in [1.807, 2.05) is 98.1 Å². The van der Waals surface area contributed by atoms with E-state index in [0.29, 0.717) is 16.6 Å². The Balaban J connectivity index is 1.46. The smallest absolute Gasteiger partial charge is 0.267 e. The monoisotopic (exact) mass is 509 g/mol. The summed E-state index contributed by atoms with van der Waals surface area (Å²) in [6, 6.07) is 27.4. The number of amidine groups is 1. The van der Waals surface area contributed by atoms with E-state index >= 15 is 0 Å². The molecule has 0 bridgehead atoms. The molecule has 1 amide bonds. The average Bonchev–Trinajstić information content (AvgIpc) is 3.44. The third kappa shape index (κ3) is 5.47. The number of ether oxygens (including phenoxy) is 2. The van der Waals surface area contributed by atoms with Gasteiger partial charge >= 0.3 is 0 Å². The minimum absolute atomic E-state index is 0.0645. The zero-order chi connectivity index (χ0) is 25.8. The van der Waals surface area contributed by atoms with Gasteiger partial charge in [0.2, 0.25) is 0 Å². The molecule has 0 atom stereocenters. The highest BCUT2D eigenvalue weighted by Gasteiger charge is 2.33. The molecule has 37 heavy (non-hydrogen) atoms. The number of benzene rings is 3. The Bertz CT molecular complexity index is 1460. The first kappa shape index (κ1) is 24.5. The first-order valence-corrected chi connectivity index (χ1v) is 12.7. The zero-order valence-corrected chi connectivity index (χ0v) is 21.7. The van der Waals surface area contributed by atoms with Gasteiger partial charge in [-0.3, -0.25) is 9.69 Å². The van der Waals surface area contributed by atoms with Crippen molar-refractivity contribution in [3.63, 3.8) is 0 Å². The molecule has 1 aliphatic rings. The van der Waals surface area contributed by atoms with Crippen molar-refractivity contribution in [2.24, 2.45) is 4.99 Å². The number of methoxy groups -OCH3 is 2. The molecule has 1 aliphatic heterocycles. The van der Waals surface area contributed by atoms with Gasteiger partial charge in [-0.1, -0.05) is 30.3 Å². The molecule has 0 N–H and O–H groups in total. The second-order valence-electron chi connectivity index (χ2n) is 8.56. The molecule has 0 saturated carbocycles. The molecular formula is C30H27N3O3S. The van der Waals surface area contributed by atoms with Crippen molar-refractivity contribution in [1.82, 2.24) is 9.47 Å².